The summed E-state index contributed by atoms with van der Waals surface area (Å²) in [4.78, 5) is 22.1. The van der Waals surface area contributed by atoms with E-state index in [1.165, 1.54) is 12.4 Å². The van der Waals surface area contributed by atoms with E-state index in [2.05, 4.69) is 9.97 Å². The second kappa shape index (κ2) is 6.75. The molecule has 23 heavy (non-hydrogen) atoms. The first-order chi connectivity index (χ1) is 11.2. The van der Waals surface area contributed by atoms with Crippen molar-refractivity contribution >= 4 is 11.7 Å². The lowest BCUT2D eigenvalue weighted by atomic mass is 9.87. The van der Waals surface area contributed by atoms with E-state index in [9.17, 15) is 9.90 Å². The van der Waals surface area contributed by atoms with E-state index in [4.69, 9.17) is 5.73 Å². The van der Waals surface area contributed by atoms with Crippen molar-refractivity contribution in [3.05, 3.63) is 54.0 Å². The zero-order chi connectivity index (χ0) is 16.2. The number of likely N-dealkylation sites (tertiary alicyclic amines) is 1. The summed E-state index contributed by atoms with van der Waals surface area (Å²) in [5.74, 6) is 0.118. The van der Waals surface area contributed by atoms with Crippen LogP contribution in [0.25, 0.3) is 0 Å². The summed E-state index contributed by atoms with van der Waals surface area (Å²) >= 11 is 0. The molecule has 2 aromatic rings. The summed E-state index contributed by atoms with van der Waals surface area (Å²) in [6.07, 6.45) is 3.95. The highest BCUT2D eigenvalue weighted by Crippen LogP contribution is 2.31. The maximum Gasteiger partial charge on any atom is 0.276 e. The Morgan fingerprint density at radius 2 is 1.83 bits per heavy atom. The number of hydrogen-bond donors (Lipinski definition) is 2. The molecule has 1 aliphatic rings. The number of rotatable bonds is 3. The molecule has 1 amide bonds. The van der Waals surface area contributed by atoms with Gasteiger partial charge in [0.15, 0.2) is 11.5 Å². The topological polar surface area (TPSA) is 92.3 Å². The van der Waals surface area contributed by atoms with Crippen LogP contribution < -0.4 is 5.73 Å². The van der Waals surface area contributed by atoms with Crippen LogP contribution in [0.2, 0.25) is 0 Å². The molecule has 1 aromatic heterocycles. The van der Waals surface area contributed by atoms with Gasteiger partial charge in [0.1, 0.15) is 0 Å². The van der Waals surface area contributed by atoms with Gasteiger partial charge in [-0.1, -0.05) is 30.3 Å². The van der Waals surface area contributed by atoms with Crippen molar-refractivity contribution in [3.8, 4) is 0 Å². The Morgan fingerprint density at radius 1 is 1.17 bits per heavy atom. The number of amides is 1. The molecule has 1 aromatic carbocycles. The highest BCUT2D eigenvalue weighted by Gasteiger charge is 2.29. The molecule has 1 saturated heterocycles. The van der Waals surface area contributed by atoms with Gasteiger partial charge in [0.2, 0.25) is 0 Å². The van der Waals surface area contributed by atoms with Gasteiger partial charge in [-0.15, -0.1) is 0 Å². The van der Waals surface area contributed by atoms with Gasteiger partial charge in [-0.05, 0) is 24.3 Å². The van der Waals surface area contributed by atoms with Crippen molar-refractivity contribution in [1.29, 1.82) is 0 Å². The fourth-order valence-electron chi connectivity index (χ4n) is 3.00. The summed E-state index contributed by atoms with van der Waals surface area (Å²) in [7, 11) is 0. The lowest BCUT2D eigenvalue weighted by molar-refractivity contribution is 0.0459. The van der Waals surface area contributed by atoms with Crippen molar-refractivity contribution in [3.63, 3.8) is 0 Å². The summed E-state index contributed by atoms with van der Waals surface area (Å²) in [6, 6.07) is 9.65. The molecule has 3 rings (SSSR count). The van der Waals surface area contributed by atoms with Crippen molar-refractivity contribution in [2.24, 2.45) is 5.92 Å². The summed E-state index contributed by atoms with van der Waals surface area (Å²) < 4.78 is 0. The van der Waals surface area contributed by atoms with Crippen LogP contribution in [-0.2, 0) is 0 Å². The fourth-order valence-corrected chi connectivity index (χ4v) is 3.00. The van der Waals surface area contributed by atoms with E-state index in [1.807, 2.05) is 30.3 Å². The standard InChI is InChI=1S/C17H20N4O2/c18-16-14(19-8-9-20-16)17(23)21-10-6-13(7-11-21)15(22)12-4-2-1-3-5-12/h1-5,8-9,13,15,22H,6-7,10-11H2,(H2,18,20)/t15-/m1/s1. The largest absolute Gasteiger partial charge is 0.388 e. The first kappa shape index (κ1) is 15.4. The quantitative estimate of drug-likeness (QED) is 0.899. The third kappa shape index (κ3) is 3.32. The normalized spacial score (nSPS) is 17.0. The third-order valence-electron chi connectivity index (χ3n) is 4.34. The van der Waals surface area contributed by atoms with Crippen LogP contribution in [0.1, 0.15) is 35.0 Å². The van der Waals surface area contributed by atoms with Gasteiger partial charge in [0, 0.05) is 25.5 Å². The lowest BCUT2D eigenvalue weighted by Crippen LogP contribution is -2.40. The summed E-state index contributed by atoms with van der Waals surface area (Å²) in [5, 5.41) is 10.5. The highest BCUT2D eigenvalue weighted by molar-refractivity contribution is 5.96. The van der Waals surface area contributed by atoms with Gasteiger partial charge < -0.3 is 15.7 Å². The fraction of sp³-hybridized carbons (Fsp3) is 0.353. The van der Waals surface area contributed by atoms with E-state index in [0.717, 1.165) is 18.4 Å². The maximum atomic E-state index is 12.4. The number of aromatic nitrogens is 2. The number of piperidine rings is 1. The monoisotopic (exact) mass is 312 g/mol. The number of benzene rings is 1. The number of anilines is 1. The molecule has 0 radical (unpaired) electrons. The molecule has 0 saturated carbocycles. The van der Waals surface area contributed by atoms with Crippen molar-refractivity contribution in [1.82, 2.24) is 14.9 Å². The molecule has 6 heteroatoms. The molecular formula is C17H20N4O2. The van der Waals surface area contributed by atoms with Gasteiger partial charge in [0.25, 0.3) is 5.91 Å². The Balaban J connectivity index is 1.62. The van der Waals surface area contributed by atoms with Crippen LogP contribution in [0.3, 0.4) is 0 Å². The van der Waals surface area contributed by atoms with E-state index >= 15 is 0 Å². The predicted octanol–water partition coefficient (Wildman–Crippen LogP) is 1.64. The zero-order valence-corrected chi connectivity index (χ0v) is 12.8. The minimum Gasteiger partial charge on any atom is -0.388 e. The zero-order valence-electron chi connectivity index (χ0n) is 12.8. The summed E-state index contributed by atoms with van der Waals surface area (Å²) in [6.45, 7) is 1.17. The Hall–Kier alpha value is -2.47. The van der Waals surface area contributed by atoms with Gasteiger partial charge in [-0.25, -0.2) is 9.97 Å². The average molecular weight is 312 g/mol. The molecule has 6 nitrogen and oxygen atoms in total. The van der Waals surface area contributed by atoms with Gasteiger partial charge >= 0.3 is 0 Å². The smallest absolute Gasteiger partial charge is 0.276 e. The number of aliphatic hydroxyl groups excluding tert-OH is 1. The molecule has 0 aliphatic carbocycles. The molecule has 0 spiro atoms. The third-order valence-corrected chi connectivity index (χ3v) is 4.34. The number of nitrogen functional groups attached to an aromatic ring is 1. The van der Waals surface area contributed by atoms with Gasteiger partial charge in [0.05, 0.1) is 6.10 Å². The lowest BCUT2D eigenvalue weighted by Gasteiger charge is -2.34. The van der Waals surface area contributed by atoms with Gasteiger partial charge in [-0.2, -0.15) is 0 Å². The Morgan fingerprint density at radius 3 is 2.48 bits per heavy atom. The average Bonchev–Trinajstić information content (AvgIpc) is 2.62. The van der Waals surface area contributed by atoms with Crippen molar-refractivity contribution < 1.29 is 9.90 Å². The molecule has 0 unspecified atom stereocenters. The second-order valence-corrected chi connectivity index (χ2v) is 5.78. The molecular weight excluding hydrogens is 292 g/mol. The number of carbonyl (C=O) groups excluding carboxylic acids is 1. The van der Waals surface area contributed by atoms with Crippen LogP contribution in [0, 0.1) is 5.92 Å². The minimum atomic E-state index is -0.491. The van der Waals surface area contributed by atoms with E-state index in [0.29, 0.717) is 13.1 Å². The number of nitrogens with two attached hydrogens (primary N) is 1. The maximum absolute atomic E-state index is 12.4. The van der Waals surface area contributed by atoms with Crippen LogP contribution >= 0.6 is 0 Å². The number of nitrogens with zero attached hydrogens (tertiary/aromatic N) is 3. The molecule has 3 N–H and O–H groups in total. The SMILES string of the molecule is Nc1nccnc1C(=O)N1CCC([C@H](O)c2ccccc2)CC1. The second-order valence-electron chi connectivity index (χ2n) is 5.78. The molecule has 1 fully saturated rings. The summed E-state index contributed by atoms with van der Waals surface area (Å²) in [5.41, 5.74) is 6.85. The molecule has 1 aliphatic heterocycles. The first-order valence-electron chi connectivity index (χ1n) is 7.75. The molecule has 120 valence electrons. The van der Waals surface area contributed by atoms with Crippen LogP contribution in [0.15, 0.2) is 42.7 Å². The molecule has 2 heterocycles. The number of carbonyl (C=O) groups is 1. The van der Waals surface area contributed by atoms with E-state index in [-0.39, 0.29) is 23.3 Å². The van der Waals surface area contributed by atoms with Crippen LogP contribution in [-0.4, -0.2) is 39.0 Å². The van der Waals surface area contributed by atoms with Crippen molar-refractivity contribution in [2.45, 2.75) is 18.9 Å². The Bertz CT molecular complexity index is 669. The molecule has 1 atom stereocenters. The highest BCUT2D eigenvalue weighted by atomic mass is 16.3. The Kier molecular flexibility index (Phi) is 4.52. The first-order valence-corrected chi connectivity index (χ1v) is 7.75. The Labute approximate surface area is 135 Å². The van der Waals surface area contributed by atoms with E-state index in [1.54, 1.807) is 4.90 Å². The number of aliphatic hydroxyl groups is 1. The van der Waals surface area contributed by atoms with Gasteiger partial charge in [-0.3, -0.25) is 4.79 Å². The minimum absolute atomic E-state index is 0.153. The molecule has 0 bridgehead atoms. The van der Waals surface area contributed by atoms with Crippen molar-refractivity contribution in [2.75, 3.05) is 18.8 Å². The number of hydrogen-bond acceptors (Lipinski definition) is 5. The van der Waals surface area contributed by atoms with Crippen LogP contribution in [0.5, 0.6) is 0 Å². The van der Waals surface area contributed by atoms with Crippen LogP contribution in [0.4, 0.5) is 5.82 Å². The predicted molar refractivity (Wildman–Crippen MR) is 86.5 cm³/mol. The van der Waals surface area contributed by atoms with E-state index < -0.39 is 6.10 Å².